The summed E-state index contributed by atoms with van der Waals surface area (Å²) < 4.78 is 5.24. The number of carbonyl (C=O) groups excluding carboxylic acids is 1. The maximum absolute atomic E-state index is 11.6. The number of para-hydroxylation sites is 1. The minimum Gasteiger partial charge on any atom is -0.482 e. The lowest BCUT2D eigenvalue weighted by atomic mass is 10.3. The van der Waals surface area contributed by atoms with Crippen LogP contribution in [0.5, 0.6) is 5.75 Å². The SMILES string of the molecule is O=C(COc1ccccc1Cl)NNc1ccc([N+](=O)[O-])cn1. The molecule has 0 fully saturated rings. The third kappa shape index (κ3) is 4.32. The second-order valence-corrected chi connectivity index (χ2v) is 4.46. The molecule has 8 nitrogen and oxygen atoms in total. The quantitative estimate of drug-likeness (QED) is 0.623. The zero-order valence-corrected chi connectivity index (χ0v) is 11.9. The van der Waals surface area contributed by atoms with Crippen LogP contribution < -0.4 is 15.6 Å². The molecule has 2 rings (SSSR count). The number of rotatable bonds is 6. The Morgan fingerprint density at radius 2 is 2.09 bits per heavy atom. The maximum Gasteiger partial charge on any atom is 0.287 e. The van der Waals surface area contributed by atoms with Crippen LogP contribution in [0.15, 0.2) is 42.6 Å². The van der Waals surface area contributed by atoms with Gasteiger partial charge in [0.05, 0.1) is 9.95 Å². The number of nitrogens with one attached hydrogen (secondary N) is 2. The molecule has 0 unspecified atom stereocenters. The fraction of sp³-hybridized carbons (Fsp3) is 0.0769. The first-order valence-corrected chi connectivity index (χ1v) is 6.46. The van der Waals surface area contributed by atoms with Crippen LogP contribution in [0.2, 0.25) is 5.02 Å². The summed E-state index contributed by atoms with van der Waals surface area (Å²) in [6, 6.07) is 9.40. The van der Waals surface area contributed by atoms with Crippen molar-refractivity contribution >= 4 is 29.0 Å². The van der Waals surface area contributed by atoms with Crippen molar-refractivity contribution in [1.29, 1.82) is 0 Å². The van der Waals surface area contributed by atoms with E-state index in [9.17, 15) is 14.9 Å². The number of nitrogens with zero attached hydrogens (tertiary/aromatic N) is 2. The van der Waals surface area contributed by atoms with Crippen molar-refractivity contribution in [3.05, 3.63) is 57.7 Å². The smallest absolute Gasteiger partial charge is 0.287 e. The van der Waals surface area contributed by atoms with E-state index in [1.54, 1.807) is 24.3 Å². The van der Waals surface area contributed by atoms with Crippen molar-refractivity contribution in [1.82, 2.24) is 10.4 Å². The number of nitro groups is 1. The van der Waals surface area contributed by atoms with Gasteiger partial charge in [-0.25, -0.2) is 4.98 Å². The Hall–Kier alpha value is -2.87. The second-order valence-electron chi connectivity index (χ2n) is 4.05. The third-order valence-corrected chi connectivity index (χ3v) is 2.80. The molecule has 1 aromatic heterocycles. The molecular formula is C13H11ClN4O4. The fourth-order valence-electron chi connectivity index (χ4n) is 1.44. The molecule has 22 heavy (non-hydrogen) atoms. The Kier molecular flexibility index (Phi) is 5.10. The molecule has 0 bridgehead atoms. The van der Waals surface area contributed by atoms with E-state index in [1.165, 1.54) is 12.1 Å². The number of hydrogen-bond donors (Lipinski definition) is 2. The van der Waals surface area contributed by atoms with E-state index in [0.717, 1.165) is 6.20 Å². The van der Waals surface area contributed by atoms with Gasteiger partial charge in [0, 0.05) is 6.07 Å². The number of carbonyl (C=O) groups is 1. The molecule has 0 radical (unpaired) electrons. The van der Waals surface area contributed by atoms with E-state index in [1.807, 2.05) is 0 Å². The average Bonchev–Trinajstić information content (AvgIpc) is 2.52. The predicted octanol–water partition coefficient (Wildman–Crippen LogP) is 2.17. The lowest BCUT2D eigenvalue weighted by molar-refractivity contribution is -0.385. The van der Waals surface area contributed by atoms with Gasteiger partial charge in [0.2, 0.25) is 0 Å². The van der Waals surface area contributed by atoms with Crippen LogP contribution >= 0.6 is 11.6 Å². The summed E-state index contributed by atoms with van der Waals surface area (Å²) in [4.78, 5) is 25.3. The molecule has 2 aromatic rings. The highest BCUT2D eigenvalue weighted by molar-refractivity contribution is 6.32. The first kappa shape index (κ1) is 15.5. The summed E-state index contributed by atoms with van der Waals surface area (Å²) in [5.74, 6) is 0.199. The highest BCUT2D eigenvalue weighted by atomic mass is 35.5. The van der Waals surface area contributed by atoms with E-state index in [4.69, 9.17) is 16.3 Å². The molecule has 0 atom stereocenters. The molecule has 1 amide bonds. The van der Waals surface area contributed by atoms with Gasteiger partial charge in [-0.05, 0) is 18.2 Å². The summed E-state index contributed by atoms with van der Waals surface area (Å²) in [5.41, 5.74) is 4.72. The van der Waals surface area contributed by atoms with E-state index in [2.05, 4.69) is 15.8 Å². The van der Waals surface area contributed by atoms with Gasteiger partial charge in [-0.3, -0.25) is 25.8 Å². The lowest BCUT2D eigenvalue weighted by Crippen LogP contribution is -2.33. The van der Waals surface area contributed by atoms with Gasteiger partial charge in [-0.2, -0.15) is 0 Å². The Labute approximate surface area is 130 Å². The summed E-state index contributed by atoms with van der Waals surface area (Å²) in [6.45, 7) is -0.246. The van der Waals surface area contributed by atoms with E-state index in [0.29, 0.717) is 10.8 Å². The molecular weight excluding hydrogens is 312 g/mol. The van der Waals surface area contributed by atoms with Crippen LogP contribution in [-0.2, 0) is 4.79 Å². The molecule has 1 heterocycles. The number of anilines is 1. The van der Waals surface area contributed by atoms with Crippen LogP contribution in [0.3, 0.4) is 0 Å². The Bertz CT molecular complexity index is 678. The number of aromatic nitrogens is 1. The van der Waals surface area contributed by atoms with E-state index < -0.39 is 10.8 Å². The summed E-state index contributed by atoms with van der Waals surface area (Å²) >= 11 is 5.88. The van der Waals surface area contributed by atoms with Crippen molar-refractivity contribution in [3.63, 3.8) is 0 Å². The van der Waals surface area contributed by atoms with Crippen LogP contribution in [0.1, 0.15) is 0 Å². The van der Waals surface area contributed by atoms with Gasteiger partial charge in [0.1, 0.15) is 17.8 Å². The Morgan fingerprint density at radius 3 is 2.73 bits per heavy atom. The molecule has 0 saturated heterocycles. The number of ether oxygens (including phenoxy) is 1. The number of benzene rings is 1. The zero-order chi connectivity index (χ0) is 15.9. The minimum atomic E-state index is -0.563. The first-order chi connectivity index (χ1) is 10.6. The topological polar surface area (TPSA) is 106 Å². The molecule has 0 spiro atoms. The summed E-state index contributed by atoms with van der Waals surface area (Å²) in [7, 11) is 0. The normalized spacial score (nSPS) is 9.86. The highest BCUT2D eigenvalue weighted by Gasteiger charge is 2.07. The van der Waals surface area contributed by atoms with Gasteiger partial charge in [0.25, 0.3) is 11.6 Å². The lowest BCUT2D eigenvalue weighted by Gasteiger charge is -2.09. The van der Waals surface area contributed by atoms with Crippen LogP contribution in [0, 0.1) is 10.1 Å². The molecule has 0 saturated carbocycles. The van der Waals surface area contributed by atoms with Crippen molar-refractivity contribution in [2.75, 3.05) is 12.0 Å². The van der Waals surface area contributed by atoms with Crippen LogP contribution in [0.4, 0.5) is 11.5 Å². The minimum absolute atomic E-state index is 0.140. The Morgan fingerprint density at radius 1 is 1.32 bits per heavy atom. The number of halogens is 1. The van der Waals surface area contributed by atoms with Gasteiger partial charge < -0.3 is 4.74 Å². The monoisotopic (exact) mass is 322 g/mol. The fourth-order valence-corrected chi connectivity index (χ4v) is 1.63. The molecule has 9 heteroatoms. The average molecular weight is 323 g/mol. The molecule has 1 aromatic carbocycles. The van der Waals surface area contributed by atoms with Crippen LogP contribution in [-0.4, -0.2) is 22.4 Å². The molecule has 114 valence electrons. The van der Waals surface area contributed by atoms with E-state index >= 15 is 0 Å². The number of hydrazine groups is 1. The predicted molar refractivity (Wildman–Crippen MR) is 79.6 cm³/mol. The third-order valence-electron chi connectivity index (χ3n) is 2.48. The number of amides is 1. The van der Waals surface area contributed by atoms with Gasteiger partial charge in [0.15, 0.2) is 6.61 Å². The molecule has 2 N–H and O–H groups in total. The van der Waals surface area contributed by atoms with Crippen LogP contribution in [0.25, 0.3) is 0 Å². The van der Waals surface area contributed by atoms with Crippen molar-refractivity contribution in [3.8, 4) is 5.75 Å². The number of pyridine rings is 1. The maximum atomic E-state index is 11.6. The van der Waals surface area contributed by atoms with Gasteiger partial charge >= 0.3 is 0 Å². The first-order valence-electron chi connectivity index (χ1n) is 6.09. The largest absolute Gasteiger partial charge is 0.482 e. The van der Waals surface area contributed by atoms with Crippen molar-refractivity contribution in [2.45, 2.75) is 0 Å². The standard InChI is InChI=1S/C13H11ClN4O4/c14-10-3-1-2-4-11(10)22-8-13(19)17-16-12-6-5-9(7-15-12)18(20)21/h1-7H,8H2,(H,15,16)(H,17,19). The second kappa shape index (κ2) is 7.23. The number of hydrogen-bond acceptors (Lipinski definition) is 6. The van der Waals surface area contributed by atoms with Crippen molar-refractivity contribution in [2.24, 2.45) is 0 Å². The van der Waals surface area contributed by atoms with Gasteiger partial charge in [-0.1, -0.05) is 23.7 Å². The molecule has 0 aliphatic heterocycles. The van der Waals surface area contributed by atoms with Crippen molar-refractivity contribution < 1.29 is 14.5 Å². The Balaban J connectivity index is 1.80. The van der Waals surface area contributed by atoms with E-state index in [-0.39, 0.29) is 18.1 Å². The zero-order valence-electron chi connectivity index (χ0n) is 11.2. The van der Waals surface area contributed by atoms with Gasteiger partial charge in [-0.15, -0.1) is 0 Å². The summed E-state index contributed by atoms with van der Waals surface area (Å²) in [6.07, 6.45) is 1.08. The summed E-state index contributed by atoms with van der Waals surface area (Å²) in [5, 5.41) is 10.9. The molecule has 0 aliphatic rings. The highest BCUT2D eigenvalue weighted by Crippen LogP contribution is 2.22. The molecule has 0 aliphatic carbocycles.